The molecule has 22 heavy (non-hydrogen) atoms. The first-order valence-electron chi connectivity index (χ1n) is 7.28. The lowest BCUT2D eigenvalue weighted by molar-refractivity contribution is 0.299. The Kier molecular flexibility index (Phi) is 4.83. The van der Waals surface area contributed by atoms with Crippen LogP contribution in [-0.4, -0.2) is 16.7 Å². The van der Waals surface area contributed by atoms with Crippen LogP contribution in [-0.2, 0) is 13.0 Å². The summed E-state index contributed by atoms with van der Waals surface area (Å²) in [6.45, 7) is 0.908. The van der Waals surface area contributed by atoms with E-state index in [0.29, 0.717) is 6.42 Å². The number of benzene rings is 2. The van der Waals surface area contributed by atoms with Crippen molar-refractivity contribution in [2.45, 2.75) is 13.0 Å². The lowest BCUT2D eigenvalue weighted by atomic mass is 10.1. The molecule has 0 spiro atoms. The maximum absolute atomic E-state index is 8.91. The molecule has 0 radical (unpaired) electrons. The van der Waals surface area contributed by atoms with Crippen molar-refractivity contribution in [3.05, 3.63) is 70.5 Å². The molecule has 0 saturated heterocycles. The average Bonchev–Trinajstić information content (AvgIpc) is 3.04. The molecule has 2 N–H and O–H groups in total. The van der Waals surface area contributed by atoms with Crippen LogP contribution in [0.4, 0.5) is 5.69 Å². The van der Waals surface area contributed by atoms with Gasteiger partial charge in [0.05, 0.1) is 12.2 Å². The number of hydrogen-bond acceptors (Lipinski definition) is 4. The fourth-order valence-electron chi connectivity index (χ4n) is 2.23. The smallest absolute Gasteiger partial charge is 0.112 e. The third-order valence-electron chi connectivity index (χ3n) is 3.42. The van der Waals surface area contributed by atoms with E-state index in [0.717, 1.165) is 34.1 Å². The zero-order valence-electron chi connectivity index (χ0n) is 12.2. The highest BCUT2D eigenvalue weighted by atomic mass is 32.1. The van der Waals surface area contributed by atoms with Crippen LogP contribution >= 0.6 is 11.3 Å². The Labute approximate surface area is 134 Å². The first kappa shape index (κ1) is 14.8. The van der Waals surface area contributed by atoms with Gasteiger partial charge in [0.15, 0.2) is 0 Å². The second-order valence-corrected chi connectivity index (χ2v) is 5.96. The van der Waals surface area contributed by atoms with E-state index in [1.165, 1.54) is 0 Å². The minimum atomic E-state index is 0.189. The summed E-state index contributed by atoms with van der Waals surface area (Å²) in [5.74, 6) is 0. The fourth-order valence-corrected chi connectivity index (χ4v) is 2.97. The number of aliphatic hydroxyl groups is 1. The monoisotopic (exact) mass is 310 g/mol. The Hall–Kier alpha value is -2.17. The molecule has 0 saturated carbocycles. The van der Waals surface area contributed by atoms with E-state index >= 15 is 0 Å². The summed E-state index contributed by atoms with van der Waals surface area (Å²) in [7, 11) is 0. The van der Waals surface area contributed by atoms with Crippen molar-refractivity contribution in [2.75, 3.05) is 11.9 Å². The molecule has 0 aliphatic heterocycles. The average molecular weight is 310 g/mol. The van der Waals surface area contributed by atoms with E-state index in [9.17, 15) is 0 Å². The predicted molar refractivity (Wildman–Crippen MR) is 92.1 cm³/mol. The van der Waals surface area contributed by atoms with Gasteiger partial charge in [0.1, 0.15) is 5.01 Å². The SMILES string of the molecule is OCCc1ccc(NCc2nc(-c3ccccc3)cs2)cc1. The minimum absolute atomic E-state index is 0.189. The Morgan fingerprint density at radius 2 is 1.77 bits per heavy atom. The number of nitrogens with one attached hydrogen (secondary N) is 1. The molecule has 0 aliphatic carbocycles. The number of anilines is 1. The van der Waals surface area contributed by atoms with Crippen LogP contribution in [0.2, 0.25) is 0 Å². The van der Waals surface area contributed by atoms with Crippen molar-refractivity contribution >= 4 is 17.0 Å². The van der Waals surface area contributed by atoms with Gasteiger partial charge < -0.3 is 10.4 Å². The molecule has 4 heteroatoms. The van der Waals surface area contributed by atoms with Gasteiger partial charge in [-0.2, -0.15) is 0 Å². The molecule has 0 amide bonds. The molecule has 0 atom stereocenters. The highest BCUT2D eigenvalue weighted by Crippen LogP contribution is 2.22. The number of nitrogens with zero attached hydrogens (tertiary/aromatic N) is 1. The molecule has 0 fully saturated rings. The van der Waals surface area contributed by atoms with E-state index in [4.69, 9.17) is 5.11 Å². The fraction of sp³-hybridized carbons (Fsp3) is 0.167. The zero-order valence-corrected chi connectivity index (χ0v) is 13.0. The summed E-state index contributed by atoms with van der Waals surface area (Å²) in [6, 6.07) is 18.4. The predicted octanol–water partition coefficient (Wildman–Crippen LogP) is 3.96. The van der Waals surface area contributed by atoms with Gasteiger partial charge >= 0.3 is 0 Å². The number of aromatic nitrogens is 1. The molecule has 3 rings (SSSR count). The van der Waals surface area contributed by atoms with Gasteiger partial charge in [-0.15, -0.1) is 11.3 Å². The van der Waals surface area contributed by atoms with Crippen molar-refractivity contribution in [2.24, 2.45) is 0 Å². The lowest BCUT2D eigenvalue weighted by Crippen LogP contribution is -1.99. The van der Waals surface area contributed by atoms with Crippen molar-refractivity contribution in [1.29, 1.82) is 0 Å². The van der Waals surface area contributed by atoms with Crippen LogP contribution in [0, 0.1) is 0 Å². The Morgan fingerprint density at radius 1 is 1.00 bits per heavy atom. The Bertz CT molecular complexity index is 707. The highest BCUT2D eigenvalue weighted by molar-refractivity contribution is 7.09. The van der Waals surface area contributed by atoms with Crippen LogP contribution in [0.25, 0.3) is 11.3 Å². The summed E-state index contributed by atoms with van der Waals surface area (Å²) in [6.07, 6.45) is 0.702. The number of thiazole rings is 1. The molecular formula is C18H18N2OS. The van der Waals surface area contributed by atoms with E-state index in [1.54, 1.807) is 11.3 Å². The summed E-state index contributed by atoms with van der Waals surface area (Å²) in [5, 5.41) is 15.5. The van der Waals surface area contributed by atoms with E-state index in [2.05, 4.69) is 27.8 Å². The van der Waals surface area contributed by atoms with Crippen LogP contribution in [0.15, 0.2) is 60.0 Å². The van der Waals surface area contributed by atoms with Crippen molar-refractivity contribution in [3.63, 3.8) is 0 Å². The van der Waals surface area contributed by atoms with Crippen LogP contribution in [0.3, 0.4) is 0 Å². The third kappa shape index (κ3) is 3.72. The van der Waals surface area contributed by atoms with Crippen LogP contribution < -0.4 is 5.32 Å². The highest BCUT2D eigenvalue weighted by Gasteiger charge is 2.04. The first-order valence-corrected chi connectivity index (χ1v) is 8.16. The molecule has 1 heterocycles. The van der Waals surface area contributed by atoms with Crippen LogP contribution in [0.1, 0.15) is 10.6 Å². The largest absolute Gasteiger partial charge is 0.396 e. The van der Waals surface area contributed by atoms with Crippen molar-refractivity contribution in [3.8, 4) is 11.3 Å². The molecule has 0 bridgehead atoms. The van der Waals surface area contributed by atoms with E-state index in [1.807, 2.05) is 42.5 Å². The zero-order chi connectivity index (χ0) is 15.2. The molecule has 2 aromatic carbocycles. The van der Waals surface area contributed by atoms with Gasteiger partial charge in [0, 0.05) is 23.2 Å². The van der Waals surface area contributed by atoms with Gasteiger partial charge in [-0.05, 0) is 24.1 Å². The molecule has 0 unspecified atom stereocenters. The third-order valence-corrected chi connectivity index (χ3v) is 4.27. The molecular weight excluding hydrogens is 292 g/mol. The van der Waals surface area contributed by atoms with Crippen molar-refractivity contribution < 1.29 is 5.11 Å². The quantitative estimate of drug-likeness (QED) is 0.724. The maximum atomic E-state index is 8.91. The van der Waals surface area contributed by atoms with E-state index in [-0.39, 0.29) is 6.61 Å². The van der Waals surface area contributed by atoms with Gasteiger partial charge in [-0.25, -0.2) is 4.98 Å². The molecule has 0 aliphatic rings. The minimum Gasteiger partial charge on any atom is -0.396 e. The van der Waals surface area contributed by atoms with Crippen LogP contribution in [0.5, 0.6) is 0 Å². The standard InChI is InChI=1S/C18H18N2OS/c21-11-10-14-6-8-16(9-7-14)19-12-18-20-17(13-22-18)15-4-2-1-3-5-15/h1-9,13,19,21H,10-12H2. The van der Waals surface area contributed by atoms with Gasteiger partial charge in [-0.1, -0.05) is 42.5 Å². The summed E-state index contributed by atoms with van der Waals surface area (Å²) >= 11 is 1.67. The molecule has 112 valence electrons. The number of rotatable bonds is 6. The lowest BCUT2D eigenvalue weighted by Gasteiger charge is -2.05. The van der Waals surface area contributed by atoms with Crippen molar-refractivity contribution in [1.82, 2.24) is 4.98 Å². The summed E-state index contributed by atoms with van der Waals surface area (Å²) in [5.41, 5.74) is 4.39. The Morgan fingerprint density at radius 3 is 2.50 bits per heavy atom. The van der Waals surface area contributed by atoms with Gasteiger partial charge in [-0.3, -0.25) is 0 Å². The van der Waals surface area contributed by atoms with Gasteiger partial charge in [0.2, 0.25) is 0 Å². The summed E-state index contributed by atoms with van der Waals surface area (Å²) < 4.78 is 0. The number of aliphatic hydroxyl groups excluding tert-OH is 1. The van der Waals surface area contributed by atoms with Gasteiger partial charge in [0.25, 0.3) is 0 Å². The summed E-state index contributed by atoms with van der Waals surface area (Å²) in [4.78, 5) is 4.67. The molecule has 3 nitrogen and oxygen atoms in total. The molecule has 3 aromatic rings. The second-order valence-electron chi connectivity index (χ2n) is 5.02. The van der Waals surface area contributed by atoms with E-state index < -0.39 is 0 Å². The normalized spacial score (nSPS) is 10.6. The Balaban J connectivity index is 1.61. The number of hydrogen-bond donors (Lipinski definition) is 2. The topological polar surface area (TPSA) is 45.1 Å². The molecule has 1 aromatic heterocycles. The maximum Gasteiger partial charge on any atom is 0.112 e. The first-order chi connectivity index (χ1) is 10.8. The second kappa shape index (κ2) is 7.20.